The van der Waals surface area contributed by atoms with Crippen molar-refractivity contribution in [2.24, 2.45) is 0 Å². The van der Waals surface area contributed by atoms with Crippen molar-refractivity contribution in [1.82, 2.24) is 0 Å². The zero-order valence-corrected chi connectivity index (χ0v) is 19.2. The summed E-state index contributed by atoms with van der Waals surface area (Å²) in [6.07, 6.45) is 14.6. The van der Waals surface area contributed by atoms with E-state index in [1.54, 1.807) is 6.07 Å². The summed E-state index contributed by atoms with van der Waals surface area (Å²) in [4.78, 5) is 10.9. The highest BCUT2D eigenvalue weighted by Gasteiger charge is 2.19. The van der Waals surface area contributed by atoms with Gasteiger partial charge in [-0.05, 0) is 37.3 Å². The number of carbonyl (C=O) groups is 1. The first-order valence-corrected chi connectivity index (χ1v) is 11.7. The standard InChI is InChI=1S/C23H37BrO4/c1-3-5-7-9-11-13-15-18-19(16-14-12-10-8-6-4-2)22(25)21(17-20(18)24)28-23(26)27/h17,25H,3-16H2,1-2H3,(H,26,27). The molecule has 2 N–H and O–H groups in total. The van der Waals surface area contributed by atoms with E-state index in [0.29, 0.717) is 0 Å². The van der Waals surface area contributed by atoms with Crippen LogP contribution in [0.25, 0.3) is 0 Å². The van der Waals surface area contributed by atoms with Crippen molar-refractivity contribution >= 4 is 22.1 Å². The summed E-state index contributed by atoms with van der Waals surface area (Å²) in [5.74, 6) is 0.00666. The number of hydrogen-bond donors (Lipinski definition) is 2. The number of hydrogen-bond acceptors (Lipinski definition) is 3. The number of ether oxygens (including phenoxy) is 1. The second-order valence-electron chi connectivity index (χ2n) is 7.57. The minimum Gasteiger partial charge on any atom is -0.504 e. The lowest BCUT2D eigenvalue weighted by Crippen LogP contribution is -2.06. The molecular weight excluding hydrogens is 420 g/mol. The van der Waals surface area contributed by atoms with E-state index in [0.717, 1.165) is 47.7 Å². The third kappa shape index (κ3) is 9.31. The van der Waals surface area contributed by atoms with Crippen LogP contribution in [0.3, 0.4) is 0 Å². The van der Waals surface area contributed by atoms with E-state index < -0.39 is 6.16 Å². The maximum absolute atomic E-state index is 10.9. The van der Waals surface area contributed by atoms with Crippen molar-refractivity contribution in [1.29, 1.82) is 0 Å². The number of halogens is 1. The molecule has 0 radical (unpaired) electrons. The Morgan fingerprint density at radius 1 is 0.857 bits per heavy atom. The molecule has 0 saturated heterocycles. The summed E-state index contributed by atoms with van der Waals surface area (Å²) in [6, 6.07) is 1.58. The molecule has 0 aromatic heterocycles. The summed E-state index contributed by atoms with van der Waals surface area (Å²) in [7, 11) is 0. The molecule has 0 fully saturated rings. The predicted octanol–water partition coefficient (Wildman–Crippen LogP) is 8.02. The molecule has 0 aliphatic heterocycles. The Hall–Kier alpha value is -1.23. The van der Waals surface area contributed by atoms with Crippen molar-refractivity contribution < 1.29 is 19.7 Å². The van der Waals surface area contributed by atoms with Gasteiger partial charge >= 0.3 is 6.16 Å². The van der Waals surface area contributed by atoms with E-state index in [1.165, 1.54) is 57.8 Å². The second kappa shape index (κ2) is 14.7. The average Bonchev–Trinajstić information content (AvgIpc) is 2.65. The summed E-state index contributed by atoms with van der Waals surface area (Å²) < 4.78 is 5.62. The average molecular weight is 457 g/mol. The smallest absolute Gasteiger partial charge is 0.504 e. The van der Waals surface area contributed by atoms with Gasteiger partial charge in [0.2, 0.25) is 0 Å². The van der Waals surface area contributed by atoms with Gasteiger partial charge in [-0.2, -0.15) is 0 Å². The third-order valence-corrected chi connectivity index (χ3v) is 5.90. The molecule has 0 unspecified atom stereocenters. The highest BCUT2D eigenvalue weighted by molar-refractivity contribution is 9.10. The van der Waals surface area contributed by atoms with Crippen molar-refractivity contribution in [2.75, 3.05) is 0 Å². The molecule has 0 aliphatic rings. The molecule has 4 nitrogen and oxygen atoms in total. The lowest BCUT2D eigenvalue weighted by Gasteiger charge is -2.16. The maximum Gasteiger partial charge on any atom is 0.511 e. The molecule has 0 spiro atoms. The molecule has 28 heavy (non-hydrogen) atoms. The van der Waals surface area contributed by atoms with Crippen molar-refractivity contribution in [2.45, 2.75) is 104 Å². The van der Waals surface area contributed by atoms with E-state index in [2.05, 4.69) is 29.8 Å². The van der Waals surface area contributed by atoms with Gasteiger partial charge in [-0.1, -0.05) is 94.0 Å². The van der Waals surface area contributed by atoms with Gasteiger partial charge in [0.15, 0.2) is 11.5 Å². The molecule has 160 valence electrons. The molecule has 0 saturated carbocycles. The van der Waals surface area contributed by atoms with Crippen LogP contribution in [0.15, 0.2) is 10.5 Å². The first-order valence-electron chi connectivity index (χ1n) is 10.9. The first kappa shape index (κ1) is 24.8. The first-order chi connectivity index (χ1) is 13.5. The lowest BCUT2D eigenvalue weighted by atomic mass is 9.95. The molecular formula is C23H37BrO4. The van der Waals surface area contributed by atoms with Crippen molar-refractivity contribution in [3.63, 3.8) is 0 Å². The highest BCUT2D eigenvalue weighted by atomic mass is 79.9. The zero-order valence-electron chi connectivity index (χ0n) is 17.6. The Kier molecular flexibility index (Phi) is 13.0. The molecule has 1 rings (SSSR count). The fraction of sp³-hybridized carbons (Fsp3) is 0.696. The van der Waals surface area contributed by atoms with E-state index in [1.807, 2.05) is 0 Å². The van der Waals surface area contributed by atoms with Crippen LogP contribution in [0.4, 0.5) is 4.79 Å². The molecule has 0 bridgehead atoms. The fourth-order valence-corrected chi connectivity index (χ4v) is 4.23. The van der Waals surface area contributed by atoms with E-state index in [-0.39, 0.29) is 11.5 Å². The van der Waals surface area contributed by atoms with E-state index in [9.17, 15) is 9.90 Å². The highest BCUT2D eigenvalue weighted by Crippen LogP contribution is 2.39. The zero-order chi connectivity index (χ0) is 20.8. The van der Waals surface area contributed by atoms with Gasteiger partial charge in [0.05, 0.1) is 0 Å². The number of phenolic OH excluding ortho intramolecular Hbond substituents is 1. The van der Waals surface area contributed by atoms with Gasteiger partial charge in [-0.15, -0.1) is 0 Å². The summed E-state index contributed by atoms with van der Waals surface area (Å²) >= 11 is 3.58. The maximum atomic E-state index is 10.9. The summed E-state index contributed by atoms with van der Waals surface area (Å²) in [5, 5.41) is 19.6. The van der Waals surface area contributed by atoms with E-state index >= 15 is 0 Å². The Bertz CT molecular complexity index is 586. The van der Waals surface area contributed by atoms with Crippen LogP contribution in [-0.4, -0.2) is 16.4 Å². The fourth-order valence-electron chi connectivity index (χ4n) is 3.58. The van der Waals surface area contributed by atoms with Gasteiger partial charge < -0.3 is 14.9 Å². The molecule has 0 heterocycles. The summed E-state index contributed by atoms with van der Waals surface area (Å²) in [6.45, 7) is 4.42. The molecule has 5 heteroatoms. The monoisotopic (exact) mass is 456 g/mol. The van der Waals surface area contributed by atoms with Gasteiger partial charge in [0.1, 0.15) is 0 Å². The number of benzene rings is 1. The Morgan fingerprint density at radius 2 is 1.32 bits per heavy atom. The van der Waals surface area contributed by atoms with Gasteiger partial charge in [-0.25, -0.2) is 4.79 Å². The number of phenols is 1. The van der Waals surface area contributed by atoms with Crippen LogP contribution in [0, 0.1) is 0 Å². The van der Waals surface area contributed by atoms with Crippen molar-refractivity contribution in [3.8, 4) is 11.5 Å². The van der Waals surface area contributed by atoms with Crippen LogP contribution < -0.4 is 4.74 Å². The van der Waals surface area contributed by atoms with Crippen LogP contribution in [0.5, 0.6) is 11.5 Å². The SMILES string of the molecule is CCCCCCCCc1c(Br)cc(OC(=O)O)c(O)c1CCCCCCCC. The number of aromatic hydroxyl groups is 1. The van der Waals surface area contributed by atoms with Gasteiger partial charge in [-0.3, -0.25) is 0 Å². The number of rotatable bonds is 15. The third-order valence-electron chi connectivity index (χ3n) is 5.19. The van der Waals surface area contributed by atoms with Crippen LogP contribution in [0.1, 0.15) is 102 Å². The molecule has 0 amide bonds. The van der Waals surface area contributed by atoms with E-state index in [4.69, 9.17) is 9.84 Å². The molecule has 1 aromatic rings. The van der Waals surface area contributed by atoms with Gasteiger partial charge in [0, 0.05) is 10.0 Å². The number of unbranched alkanes of at least 4 members (excludes halogenated alkanes) is 10. The Labute approximate surface area is 178 Å². The van der Waals surface area contributed by atoms with Crippen LogP contribution in [-0.2, 0) is 12.8 Å². The normalized spacial score (nSPS) is 11.0. The second-order valence-corrected chi connectivity index (χ2v) is 8.42. The quantitative estimate of drug-likeness (QED) is 0.159. The van der Waals surface area contributed by atoms with Gasteiger partial charge in [0.25, 0.3) is 0 Å². The topological polar surface area (TPSA) is 66.8 Å². The molecule has 1 aromatic carbocycles. The Balaban J connectivity index is 2.79. The van der Waals surface area contributed by atoms with Crippen molar-refractivity contribution in [3.05, 3.63) is 21.7 Å². The minimum atomic E-state index is -1.41. The van der Waals surface area contributed by atoms with Crippen LogP contribution in [0.2, 0.25) is 0 Å². The minimum absolute atomic E-state index is 0.0138. The molecule has 0 aliphatic carbocycles. The Morgan fingerprint density at radius 3 is 1.82 bits per heavy atom. The predicted molar refractivity (Wildman–Crippen MR) is 119 cm³/mol. The number of carboxylic acid groups (broad SMARTS) is 1. The lowest BCUT2D eigenvalue weighted by molar-refractivity contribution is 0.142. The summed E-state index contributed by atoms with van der Waals surface area (Å²) in [5.41, 5.74) is 1.94. The largest absolute Gasteiger partial charge is 0.511 e. The molecule has 0 atom stereocenters. The van der Waals surface area contributed by atoms with Crippen LogP contribution >= 0.6 is 15.9 Å².